The van der Waals surface area contributed by atoms with Gasteiger partial charge in [-0.25, -0.2) is 0 Å². The van der Waals surface area contributed by atoms with Crippen LogP contribution in [0.5, 0.6) is 0 Å². The minimum Gasteiger partial charge on any atom is -0.346 e. The van der Waals surface area contributed by atoms with E-state index in [1.165, 1.54) is 0 Å². The van der Waals surface area contributed by atoms with Gasteiger partial charge in [-0.3, -0.25) is 4.55 Å². The zero-order chi connectivity index (χ0) is 26.6. The molecule has 0 saturated carbocycles. The van der Waals surface area contributed by atoms with Crippen molar-refractivity contribution in [2.45, 2.75) is 39.8 Å². The van der Waals surface area contributed by atoms with Crippen LogP contribution in [0.4, 0.5) is 22.7 Å². The minimum absolute atomic E-state index is 0.0101. The van der Waals surface area contributed by atoms with Gasteiger partial charge in [0, 0.05) is 26.2 Å². The topological polar surface area (TPSA) is 91.1 Å². The SMILES string of the molecule is CCN1C(=CC=CC2N(CC)c3ccccc3N2CCCCS(=O)(=O)O)N(CC)c2cc(C#N)ccc21. The first-order valence-corrected chi connectivity index (χ1v) is 14.5. The highest BCUT2D eigenvalue weighted by Crippen LogP contribution is 2.42. The van der Waals surface area contributed by atoms with E-state index in [-0.39, 0.29) is 11.9 Å². The van der Waals surface area contributed by atoms with E-state index in [0.717, 1.165) is 48.2 Å². The first kappa shape index (κ1) is 26.6. The molecule has 0 bridgehead atoms. The van der Waals surface area contributed by atoms with Crippen molar-refractivity contribution in [3.05, 3.63) is 72.1 Å². The number of nitriles is 1. The predicted molar refractivity (Wildman–Crippen MR) is 151 cm³/mol. The number of nitrogens with zero attached hydrogens (tertiary/aromatic N) is 5. The molecule has 1 atom stereocenters. The quantitative estimate of drug-likeness (QED) is 0.346. The fourth-order valence-corrected chi connectivity index (χ4v) is 5.87. The zero-order valence-corrected chi connectivity index (χ0v) is 22.5. The van der Waals surface area contributed by atoms with E-state index in [4.69, 9.17) is 4.55 Å². The largest absolute Gasteiger partial charge is 0.346 e. The van der Waals surface area contributed by atoms with Crippen molar-refractivity contribution in [3.8, 4) is 6.07 Å². The molecule has 0 radical (unpaired) electrons. The number of rotatable bonds is 10. The lowest BCUT2D eigenvalue weighted by molar-refractivity contribution is 0.480. The molecule has 2 aliphatic rings. The fraction of sp³-hybridized carbons (Fsp3) is 0.393. The number of para-hydroxylation sites is 2. The van der Waals surface area contributed by atoms with Crippen molar-refractivity contribution in [2.24, 2.45) is 0 Å². The van der Waals surface area contributed by atoms with Gasteiger partial charge in [0.1, 0.15) is 12.0 Å². The number of allylic oxidation sites excluding steroid dienone is 2. The molecular formula is C28H35N5O3S. The summed E-state index contributed by atoms with van der Waals surface area (Å²) in [7, 11) is -3.95. The van der Waals surface area contributed by atoms with Gasteiger partial charge in [-0.15, -0.1) is 0 Å². The lowest BCUT2D eigenvalue weighted by atomic mass is 10.2. The first-order valence-electron chi connectivity index (χ1n) is 12.9. The van der Waals surface area contributed by atoms with E-state index in [9.17, 15) is 13.7 Å². The highest BCUT2D eigenvalue weighted by Gasteiger charge is 2.33. The molecular weight excluding hydrogens is 486 g/mol. The normalized spacial score (nSPS) is 18.1. The summed E-state index contributed by atoms with van der Waals surface area (Å²) in [6.07, 6.45) is 7.47. The van der Waals surface area contributed by atoms with E-state index in [0.29, 0.717) is 24.9 Å². The molecule has 0 spiro atoms. The number of benzene rings is 2. The smallest absolute Gasteiger partial charge is 0.264 e. The van der Waals surface area contributed by atoms with Crippen LogP contribution in [0.3, 0.4) is 0 Å². The molecule has 1 unspecified atom stereocenters. The average molecular weight is 522 g/mol. The summed E-state index contributed by atoms with van der Waals surface area (Å²) in [5.41, 5.74) is 5.09. The van der Waals surface area contributed by atoms with Gasteiger partial charge >= 0.3 is 0 Å². The summed E-state index contributed by atoms with van der Waals surface area (Å²) in [5.74, 6) is 0.852. The molecule has 0 amide bonds. The Bertz CT molecular complexity index is 1330. The Kier molecular flexibility index (Phi) is 8.10. The molecule has 0 aliphatic carbocycles. The molecule has 9 heteroatoms. The maximum atomic E-state index is 11.2. The van der Waals surface area contributed by atoms with Crippen LogP contribution in [0.25, 0.3) is 0 Å². The number of hydrogen-bond acceptors (Lipinski definition) is 7. The van der Waals surface area contributed by atoms with Gasteiger partial charge in [0.2, 0.25) is 0 Å². The highest BCUT2D eigenvalue weighted by atomic mass is 32.2. The third kappa shape index (κ3) is 5.45. The lowest BCUT2D eigenvalue weighted by Gasteiger charge is -2.30. The van der Waals surface area contributed by atoms with Crippen LogP contribution in [0.1, 0.15) is 39.2 Å². The van der Waals surface area contributed by atoms with Crippen LogP contribution in [-0.2, 0) is 10.1 Å². The number of fused-ring (bicyclic) bond motifs is 2. The molecule has 2 aromatic rings. The van der Waals surface area contributed by atoms with Crippen molar-refractivity contribution in [1.82, 2.24) is 0 Å². The van der Waals surface area contributed by atoms with Crippen LogP contribution in [0.2, 0.25) is 0 Å². The molecule has 8 nitrogen and oxygen atoms in total. The fourth-order valence-electron chi connectivity index (χ4n) is 5.30. The predicted octanol–water partition coefficient (Wildman–Crippen LogP) is 4.96. The van der Waals surface area contributed by atoms with Gasteiger partial charge < -0.3 is 19.6 Å². The van der Waals surface area contributed by atoms with Gasteiger partial charge in [-0.05, 0) is 76.1 Å². The Morgan fingerprint density at radius 1 is 0.919 bits per heavy atom. The van der Waals surface area contributed by atoms with E-state index < -0.39 is 10.1 Å². The third-order valence-electron chi connectivity index (χ3n) is 6.93. The maximum Gasteiger partial charge on any atom is 0.264 e. The monoisotopic (exact) mass is 521 g/mol. The van der Waals surface area contributed by atoms with Crippen molar-refractivity contribution in [3.63, 3.8) is 0 Å². The number of hydrogen-bond donors (Lipinski definition) is 1. The Balaban J connectivity index is 1.61. The second-order valence-electron chi connectivity index (χ2n) is 9.09. The van der Waals surface area contributed by atoms with E-state index in [1.807, 2.05) is 30.3 Å². The van der Waals surface area contributed by atoms with Gasteiger partial charge in [0.15, 0.2) is 0 Å². The molecule has 4 rings (SSSR count). The summed E-state index contributed by atoms with van der Waals surface area (Å²) in [4.78, 5) is 9.14. The maximum absolute atomic E-state index is 11.2. The van der Waals surface area contributed by atoms with Crippen LogP contribution < -0.4 is 19.6 Å². The van der Waals surface area contributed by atoms with E-state index in [1.54, 1.807) is 0 Å². The Hall–Kier alpha value is -3.48. The summed E-state index contributed by atoms with van der Waals surface area (Å²) < 4.78 is 31.4. The van der Waals surface area contributed by atoms with Gasteiger partial charge in [-0.1, -0.05) is 18.2 Å². The summed E-state index contributed by atoms with van der Waals surface area (Å²) in [6, 6.07) is 16.4. The van der Waals surface area contributed by atoms with Gasteiger partial charge in [0.25, 0.3) is 10.1 Å². The van der Waals surface area contributed by atoms with E-state index in [2.05, 4.69) is 76.8 Å². The molecule has 2 aromatic carbocycles. The van der Waals surface area contributed by atoms with Crippen LogP contribution in [0.15, 0.2) is 66.5 Å². The Morgan fingerprint density at radius 2 is 1.59 bits per heavy atom. The van der Waals surface area contributed by atoms with Crippen molar-refractivity contribution < 1.29 is 13.0 Å². The molecule has 37 heavy (non-hydrogen) atoms. The van der Waals surface area contributed by atoms with Crippen LogP contribution in [-0.4, -0.2) is 51.1 Å². The zero-order valence-electron chi connectivity index (χ0n) is 21.7. The van der Waals surface area contributed by atoms with Crippen molar-refractivity contribution in [1.29, 1.82) is 5.26 Å². The van der Waals surface area contributed by atoms with Crippen molar-refractivity contribution >= 4 is 32.9 Å². The highest BCUT2D eigenvalue weighted by molar-refractivity contribution is 7.85. The second-order valence-corrected chi connectivity index (χ2v) is 10.7. The molecule has 0 aromatic heterocycles. The number of anilines is 4. The number of unbranched alkanes of at least 4 members (excludes halogenated alkanes) is 1. The lowest BCUT2D eigenvalue weighted by Crippen LogP contribution is -2.42. The Labute approximate surface area is 220 Å². The molecule has 196 valence electrons. The molecule has 2 heterocycles. The first-order chi connectivity index (χ1) is 17.8. The summed E-state index contributed by atoms with van der Waals surface area (Å²) >= 11 is 0. The van der Waals surface area contributed by atoms with Crippen molar-refractivity contribution in [2.75, 3.05) is 51.5 Å². The number of likely N-dealkylation sites (N-methyl/N-ethyl adjacent to an activating group) is 1. The van der Waals surface area contributed by atoms with Crippen LogP contribution in [0, 0.1) is 11.3 Å². The average Bonchev–Trinajstić information content (AvgIpc) is 3.36. The second kappa shape index (κ2) is 11.3. The molecule has 1 N–H and O–H groups in total. The van der Waals surface area contributed by atoms with Gasteiger partial charge in [0.05, 0.1) is 40.1 Å². The van der Waals surface area contributed by atoms with Gasteiger partial charge in [-0.2, -0.15) is 13.7 Å². The summed E-state index contributed by atoms with van der Waals surface area (Å²) in [5, 5.41) is 9.38. The molecule has 0 fully saturated rings. The van der Waals surface area contributed by atoms with E-state index >= 15 is 0 Å². The minimum atomic E-state index is -3.95. The summed E-state index contributed by atoms with van der Waals surface area (Å²) in [6.45, 7) is 9.47. The van der Waals surface area contributed by atoms with Crippen LogP contribution >= 0.6 is 0 Å². The Morgan fingerprint density at radius 3 is 2.22 bits per heavy atom. The third-order valence-corrected chi connectivity index (χ3v) is 7.74. The standard InChI is InChI=1S/C28H35N5O3S/c1-4-30-23-12-7-8-13-24(23)33(18-9-10-19-37(34,35)36)28(30)15-11-14-27-31(5-2)25-17-16-22(21-29)20-26(25)32(27)6-3/h7-8,11-17,20,28H,4-6,9-10,18-19H2,1-3H3,(H,34,35,36). The molecule has 0 saturated heterocycles. The molecule has 2 aliphatic heterocycles.